The van der Waals surface area contributed by atoms with Gasteiger partial charge in [-0.25, -0.2) is 4.39 Å². The molecule has 4 nitrogen and oxygen atoms in total. The largest absolute Gasteiger partial charge is 0.355 e. The first-order valence-electron chi connectivity index (χ1n) is 9.72. The Morgan fingerprint density at radius 2 is 1.61 bits per heavy atom. The molecule has 0 radical (unpaired) electrons. The molecule has 5 heteroatoms. The van der Waals surface area contributed by atoms with E-state index in [9.17, 15) is 14.0 Å². The zero-order valence-corrected chi connectivity index (χ0v) is 17.1. The number of carbonyl (C=O) groups excluding carboxylic acids is 2. The molecular formula is C23H29FN2O2. The Bertz CT molecular complexity index is 798. The predicted octanol–water partition coefficient (Wildman–Crippen LogP) is 3.93. The zero-order chi connectivity index (χ0) is 20.7. The summed E-state index contributed by atoms with van der Waals surface area (Å²) in [5.41, 5.74) is 3.92. The van der Waals surface area contributed by atoms with Gasteiger partial charge < -0.3 is 10.2 Å². The highest BCUT2D eigenvalue weighted by Crippen LogP contribution is 2.16. The summed E-state index contributed by atoms with van der Waals surface area (Å²) in [5, 5.41) is 2.82. The molecule has 2 amide bonds. The molecule has 0 aliphatic carbocycles. The van der Waals surface area contributed by atoms with Crippen molar-refractivity contribution >= 4 is 11.8 Å². The van der Waals surface area contributed by atoms with Crippen LogP contribution in [0.3, 0.4) is 0 Å². The predicted molar refractivity (Wildman–Crippen MR) is 109 cm³/mol. The fourth-order valence-electron chi connectivity index (χ4n) is 3.45. The van der Waals surface area contributed by atoms with Crippen molar-refractivity contribution in [3.63, 3.8) is 0 Å². The van der Waals surface area contributed by atoms with Gasteiger partial charge in [0, 0.05) is 13.1 Å². The Kier molecular flexibility index (Phi) is 7.73. The molecule has 0 aromatic heterocycles. The van der Waals surface area contributed by atoms with E-state index in [4.69, 9.17) is 0 Å². The number of nitrogens with zero attached hydrogens (tertiary/aromatic N) is 1. The van der Waals surface area contributed by atoms with E-state index in [0.717, 1.165) is 22.3 Å². The normalized spacial score (nSPS) is 11.8. The van der Waals surface area contributed by atoms with E-state index in [1.165, 1.54) is 12.1 Å². The number of rotatable bonds is 8. The van der Waals surface area contributed by atoms with Gasteiger partial charge in [-0.1, -0.05) is 48.4 Å². The summed E-state index contributed by atoms with van der Waals surface area (Å²) >= 11 is 0. The van der Waals surface area contributed by atoms with E-state index in [1.54, 1.807) is 17.0 Å². The van der Waals surface area contributed by atoms with Gasteiger partial charge in [0.25, 0.3) is 0 Å². The van der Waals surface area contributed by atoms with Gasteiger partial charge in [-0.3, -0.25) is 9.59 Å². The summed E-state index contributed by atoms with van der Waals surface area (Å²) in [7, 11) is 0. The highest BCUT2D eigenvalue weighted by Gasteiger charge is 2.28. The Labute approximate surface area is 166 Å². The summed E-state index contributed by atoms with van der Waals surface area (Å²) in [6.45, 7) is 8.51. The van der Waals surface area contributed by atoms with Crippen molar-refractivity contribution in [2.24, 2.45) is 0 Å². The van der Waals surface area contributed by atoms with Gasteiger partial charge in [-0.15, -0.1) is 0 Å². The quantitative estimate of drug-likeness (QED) is 0.750. The average molecular weight is 384 g/mol. The van der Waals surface area contributed by atoms with Crippen molar-refractivity contribution in [2.45, 2.75) is 53.1 Å². The number of hydrogen-bond donors (Lipinski definition) is 1. The number of nitrogens with one attached hydrogen (secondary N) is 1. The van der Waals surface area contributed by atoms with Crippen LogP contribution in [-0.4, -0.2) is 29.3 Å². The van der Waals surface area contributed by atoms with E-state index in [0.29, 0.717) is 13.0 Å². The fourth-order valence-corrected chi connectivity index (χ4v) is 3.45. The number of benzene rings is 2. The first-order chi connectivity index (χ1) is 13.3. The summed E-state index contributed by atoms with van der Waals surface area (Å²) in [6.07, 6.45) is 0.727. The molecule has 2 aromatic carbocycles. The van der Waals surface area contributed by atoms with Crippen molar-refractivity contribution in [3.05, 3.63) is 70.5 Å². The van der Waals surface area contributed by atoms with Crippen LogP contribution in [0.15, 0.2) is 42.5 Å². The van der Waals surface area contributed by atoms with Crippen LogP contribution in [0.1, 0.15) is 42.5 Å². The molecule has 0 spiro atoms. The maximum absolute atomic E-state index is 13.3. The van der Waals surface area contributed by atoms with Gasteiger partial charge in [0.1, 0.15) is 11.9 Å². The number of amides is 2. The van der Waals surface area contributed by atoms with Crippen molar-refractivity contribution in [2.75, 3.05) is 6.54 Å². The summed E-state index contributed by atoms with van der Waals surface area (Å²) in [5.74, 6) is -0.610. The second kappa shape index (κ2) is 10.0. The average Bonchev–Trinajstić information content (AvgIpc) is 2.62. The summed E-state index contributed by atoms with van der Waals surface area (Å²) in [6, 6.07) is 11.5. The Balaban J connectivity index is 2.30. The van der Waals surface area contributed by atoms with Crippen LogP contribution in [-0.2, 0) is 22.6 Å². The van der Waals surface area contributed by atoms with E-state index < -0.39 is 6.04 Å². The van der Waals surface area contributed by atoms with Crippen LogP contribution in [0.2, 0.25) is 0 Å². The van der Waals surface area contributed by atoms with Crippen LogP contribution in [0.25, 0.3) is 0 Å². The van der Waals surface area contributed by atoms with E-state index in [1.807, 2.05) is 39.8 Å². The molecule has 2 rings (SSSR count). The first kappa shape index (κ1) is 21.6. The number of carbonyl (C=O) groups is 2. The van der Waals surface area contributed by atoms with Gasteiger partial charge >= 0.3 is 0 Å². The number of halogens is 1. The van der Waals surface area contributed by atoms with Crippen LogP contribution in [0.4, 0.5) is 4.39 Å². The molecule has 0 saturated carbocycles. The first-order valence-corrected chi connectivity index (χ1v) is 9.72. The Morgan fingerprint density at radius 3 is 2.14 bits per heavy atom. The lowest BCUT2D eigenvalue weighted by Gasteiger charge is -2.30. The maximum Gasteiger partial charge on any atom is 0.242 e. The van der Waals surface area contributed by atoms with E-state index in [-0.39, 0.29) is 30.6 Å². The molecular weight excluding hydrogens is 355 g/mol. The molecule has 0 heterocycles. The van der Waals surface area contributed by atoms with Gasteiger partial charge in [0.2, 0.25) is 11.8 Å². The third-order valence-corrected chi connectivity index (χ3v) is 4.64. The van der Waals surface area contributed by atoms with Crippen molar-refractivity contribution in [1.29, 1.82) is 0 Å². The molecule has 0 saturated heterocycles. The van der Waals surface area contributed by atoms with Crippen LogP contribution in [0, 0.1) is 19.7 Å². The van der Waals surface area contributed by atoms with Gasteiger partial charge in [-0.05, 0) is 50.5 Å². The number of likely N-dealkylation sites (N-methyl/N-ethyl adjacent to an activating group) is 1. The standard InChI is InChI=1S/C23H29FN2O2/c1-5-21(23(28)25-6-2)26(15-18-7-9-20(24)10-8-18)22(27)14-19-12-16(3)11-17(4)13-19/h7-13,21H,5-6,14-15H2,1-4H3,(H,25,28). The lowest BCUT2D eigenvalue weighted by Crippen LogP contribution is -2.49. The SMILES string of the molecule is CCNC(=O)C(CC)N(Cc1ccc(F)cc1)C(=O)Cc1cc(C)cc(C)c1. The second-order valence-corrected chi connectivity index (χ2v) is 7.14. The highest BCUT2D eigenvalue weighted by atomic mass is 19.1. The van der Waals surface area contributed by atoms with Crippen molar-refractivity contribution < 1.29 is 14.0 Å². The number of hydrogen-bond acceptors (Lipinski definition) is 2. The van der Waals surface area contributed by atoms with Crippen LogP contribution < -0.4 is 5.32 Å². The lowest BCUT2D eigenvalue weighted by molar-refractivity contribution is -0.140. The van der Waals surface area contributed by atoms with Crippen molar-refractivity contribution in [3.8, 4) is 0 Å². The monoisotopic (exact) mass is 384 g/mol. The Hall–Kier alpha value is -2.69. The molecule has 0 fully saturated rings. The minimum atomic E-state index is -0.566. The fraction of sp³-hybridized carbons (Fsp3) is 0.391. The minimum absolute atomic E-state index is 0.118. The van der Waals surface area contributed by atoms with Crippen LogP contribution in [0.5, 0.6) is 0 Å². The smallest absolute Gasteiger partial charge is 0.242 e. The summed E-state index contributed by atoms with van der Waals surface area (Å²) < 4.78 is 13.3. The van der Waals surface area contributed by atoms with Gasteiger partial charge in [0.15, 0.2) is 0 Å². The third kappa shape index (κ3) is 5.91. The highest BCUT2D eigenvalue weighted by molar-refractivity contribution is 5.88. The molecule has 0 aliphatic rings. The van der Waals surface area contributed by atoms with Crippen molar-refractivity contribution in [1.82, 2.24) is 10.2 Å². The number of aryl methyl sites for hydroxylation is 2. The molecule has 28 heavy (non-hydrogen) atoms. The van der Waals surface area contributed by atoms with E-state index in [2.05, 4.69) is 11.4 Å². The molecule has 1 atom stereocenters. The lowest BCUT2D eigenvalue weighted by atomic mass is 10.0. The van der Waals surface area contributed by atoms with Gasteiger partial charge in [0.05, 0.1) is 6.42 Å². The molecule has 150 valence electrons. The second-order valence-electron chi connectivity index (χ2n) is 7.14. The molecule has 2 aromatic rings. The van der Waals surface area contributed by atoms with E-state index >= 15 is 0 Å². The maximum atomic E-state index is 13.3. The van der Waals surface area contributed by atoms with Gasteiger partial charge in [-0.2, -0.15) is 0 Å². The summed E-state index contributed by atoms with van der Waals surface area (Å²) in [4.78, 5) is 27.4. The topological polar surface area (TPSA) is 49.4 Å². The Morgan fingerprint density at radius 1 is 1.00 bits per heavy atom. The third-order valence-electron chi connectivity index (χ3n) is 4.64. The minimum Gasteiger partial charge on any atom is -0.355 e. The zero-order valence-electron chi connectivity index (χ0n) is 17.1. The molecule has 1 unspecified atom stereocenters. The molecule has 0 aliphatic heterocycles. The molecule has 1 N–H and O–H groups in total. The van der Waals surface area contributed by atoms with Crippen LogP contribution >= 0.6 is 0 Å². The molecule has 0 bridgehead atoms.